The van der Waals surface area contributed by atoms with Crippen molar-refractivity contribution in [3.63, 3.8) is 0 Å². The van der Waals surface area contributed by atoms with Crippen LogP contribution in [0.3, 0.4) is 0 Å². The van der Waals surface area contributed by atoms with Gasteiger partial charge in [0.15, 0.2) is 10.8 Å². The van der Waals surface area contributed by atoms with Crippen LogP contribution in [-0.2, 0) is 11.3 Å². The zero-order valence-electron chi connectivity index (χ0n) is 18.5. The number of aromatic nitrogens is 4. The molecule has 1 N–H and O–H groups in total. The molecule has 0 unspecified atom stereocenters. The maximum atomic E-state index is 12.8. The molecule has 8 heteroatoms. The molecule has 3 aromatic carbocycles. The van der Waals surface area contributed by atoms with Crippen molar-refractivity contribution in [1.82, 2.24) is 19.5 Å². The fourth-order valence-corrected chi connectivity index (χ4v) is 5.13. The molecule has 0 bridgehead atoms. The molecule has 0 aliphatic heterocycles. The van der Waals surface area contributed by atoms with Crippen molar-refractivity contribution in [3.8, 4) is 5.75 Å². The number of para-hydroxylation sites is 3. The minimum Gasteiger partial charge on any atom is -0.494 e. The molecule has 1 amide bonds. The van der Waals surface area contributed by atoms with Gasteiger partial charge in [-0.1, -0.05) is 41.7 Å². The van der Waals surface area contributed by atoms with Gasteiger partial charge in [-0.15, -0.1) is 0 Å². The van der Waals surface area contributed by atoms with E-state index in [9.17, 15) is 4.79 Å². The number of benzene rings is 3. The smallest absolute Gasteiger partial charge is 0.227 e. The maximum Gasteiger partial charge on any atom is 0.227 e. The summed E-state index contributed by atoms with van der Waals surface area (Å²) in [5.74, 6) is 0.709. The number of amides is 1. The van der Waals surface area contributed by atoms with Crippen molar-refractivity contribution in [2.75, 3.05) is 11.9 Å². The van der Waals surface area contributed by atoms with Crippen LogP contribution in [0.4, 0.5) is 5.13 Å². The highest BCUT2D eigenvalue weighted by molar-refractivity contribution is 7.22. The van der Waals surface area contributed by atoms with Gasteiger partial charge in [0.25, 0.3) is 0 Å². The summed E-state index contributed by atoms with van der Waals surface area (Å²) in [6, 6.07) is 21.7. The summed E-state index contributed by atoms with van der Waals surface area (Å²) in [4.78, 5) is 27.1. The van der Waals surface area contributed by atoms with Crippen LogP contribution in [0.1, 0.15) is 13.3 Å². The Morgan fingerprint density at radius 1 is 0.971 bits per heavy atom. The number of aryl methyl sites for hydroxylation is 1. The molecule has 7 nitrogen and oxygen atoms in total. The first-order chi connectivity index (χ1) is 16.7. The van der Waals surface area contributed by atoms with Gasteiger partial charge in [0.2, 0.25) is 5.91 Å². The number of fused-ring (bicyclic) bond motifs is 5. The molecule has 0 aliphatic carbocycles. The molecule has 6 rings (SSSR count). The summed E-state index contributed by atoms with van der Waals surface area (Å²) < 4.78 is 8.62. The molecule has 0 aliphatic rings. The lowest BCUT2D eigenvalue weighted by molar-refractivity contribution is -0.116. The number of anilines is 1. The first-order valence-electron chi connectivity index (χ1n) is 11.2. The molecule has 0 radical (unpaired) electrons. The lowest BCUT2D eigenvalue weighted by atomic mass is 10.2. The van der Waals surface area contributed by atoms with Crippen molar-refractivity contribution >= 4 is 65.7 Å². The SMILES string of the molecule is CCOc1ccc2nc(NC(=O)CCn3c4ccccc4c4nc5ccccc5nc43)sc2c1. The molecule has 0 saturated heterocycles. The number of nitrogens with zero attached hydrogens (tertiary/aromatic N) is 4. The minimum atomic E-state index is -0.0937. The number of carbonyl (C=O) groups is 1. The Hall–Kier alpha value is -4.04. The molecule has 168 valence electrons. The van der Waals surface area contributed by atoms with Crippen LogP contribution in [0.15, 0.2) is 66.7 Å². The maximum absolute atomic E-state index is 12.8. The Morgan fingerprint density at radius 3 is 2.62 bits per heavy atom. The number of carbonyl (C=O) groups excluding carboxylic acids is 1. The number of hydrogen-bond acceptors (Lipinski definition) is 6. The van der Waals surface area contributed by atoms with Gasteiger partial charge >= 0.3 is 0 Å². The number of thiazole rings is 1. The van der Waals surface area contributed by atoms with Gasteiger partial charge in [0.05, 0.1) is 33.4 Å². The second-order valence-electron chi connectivity index (χ2n) is 7.93. The van der Waals surface area contributed by atoms with E-state index >= 15 is 0 Å². The van der Waals surface area contributed by atoms with E-state index in [4.69, 9.17) is 14.7 Å². The molecule has 6 aromatic rings. The number of nitrogens with one attached hydrogen (secondary N) is 1. The first kappa shape index (κ1) is 20.6. The number of ether oxygens (including phenoxy) is 1. The Labute approximate surface area is 199 Å². The van der Waals surface area contributed by atoms with Gasteiger partial charge in [-0.25, -0.2) is 15.0 Å². The Kier molecular flexibility index (Phi) is 5.07. The van der Waals surface area contributed by atoms with Crippen molar-refractivity contribution < 1.29 is 9.53 Å². The van der Waals surface area contributed by atoms with Crippen molar-refractivity contribution in [2.24, 2.45) is 0 Å². The van der Waals surface area contributed by atoms with Crippen LogP contribution in [0, 0.1) is 0 Å². The van der Waals surface area contributed by atoms with Gasteiger partial charge in [-0.2, -0.15) is 0 Å². The van der Waals surface area contributed by atoms with E-state index in [-0.39, 0.29) is 5.91 Å². The summed E-state index contributed by atoms with van der Waals surface area (Å²) in [7, 11) is 0. The number of hydrogen-bond donors (Lipinski definition) is 1. The molecule has 3 aromatic heterocycles. The molecule has 0 spiro atoms. The number of rotatable bonds is 6. The average molecular weight is 468 g/mol. The van der Waals surface area contributed by atoms with Gasteiger partial charge in [-0.3, -0.25) is 4.79 Å². The molecule has 0 atom stereocenters. The third kappa shape index (κ3) is 3.62. The lowest BCUT2D eigenvalue weighted by Gasteiger charge is -2.07. The van der Waals surface area contributed by atoms with Crippen LogP contribution < -0.4 is 10.1 Å². The largest absolute Gasteiger partial charge is 0.494 e. The third-order valence-electron chi connectivity index (χ3n) is 5.74. The van der Waals surface area contributed by atoms with E-state index in [0.717, 1.165) is 49.1 Å². The second-order valence-corrected chi connectivity index (χ2v) is 8.96. The summed E-state index contributed by atoms with van der Waals surface area (Å²) in [5.41, 5.74) is 5.20. The van der Waals surface area contributed by atoms with E-state index < -0.39 is 0 Å². The lowest BCUT2D eigenvalue weighted by Crippen LogP contribution is -2.14. The summed E-state index contributed by atoms with van der Waals surface area (Å²) in [6.07, 6.45) is 0.294. The van der Waals surface area contributed by atoms with Crippen LogP contribution >= 0.6 is 11.3 Å². The highest BCUT2D eigenvalue weighted by atomic mass is 32.1. The molecular formula is C26H21N5O2S. The molecule has 0 saturated carbocycles. The average Bonchev–Trinajstić information content (AvgIpc) is 3.39. The topological polar surface area (TPSA) is 81.9 Å². The van der Waals surface area contributed by atoms with E-state index in [0.29, 0.717) is 24.7 Å². The predicted octanol–water partition coefficient (Wildman–Crippen LogP) is 5.77. The van der Waals surface area contributed by atoms with Gasteiger partial charge in [-0.05, 0) is 43.3 Å². The molecule has 0 fully saturated rings. The van der Waals surface area contributed by atoms with Gasteiger partial charge in [0.1, 0.15) is 11.3 Å². The Balaban J connectivity index is 1.28. The quantitative estimate of drug-likeness (QED) is 0.336. The standard InChI is InChI=1S/C26H21N5O2S/c1-2-33-16-11-12-20-22(15-16)34-26(29-20)30-23(32)13-14-31-21-10-6-3-7-17(21)24-25(31)28-19-9-5-4-8-18(19)27-24/h3-12,15H,2,13-14H2,1H3,(H,29,30,32). The van der Waals surface area contributed by atoms with Crippen LogP contribution in [0.5, 0.6) is 5.75 Å². The van der Waals surface area contributed by atoms with Crippen LogP contribution in [0.25, 0.3) is 43.3 Å². The van der Waals surface area contributed by atoms with E-state index in [1.807, 2.05) is 67.6 Å². The highest BCUT2D eigenvalue weighted by Crippen LogP contribution is 2.30. The molecule has 34 heavy (non-hydrogen) atoms. The Morgan fingerprint density at radius 2 is 1.76 bits per heavy atom. The van der Waals surface area contributed by atoms with Crippen molar-refractivity contribution in [2.45, 2.75) is 19.9 Å². The summed E-state index contributed by atoms with van der Waals surface area (Å²) >= 11 is 1.44. The zero-order valence-corrected chi connectivity index (χ0v) is 19.3. The fraction of sp³-hybridized carbons (Fsp3) is 0.154. The first-order valence-corrected chi connectivity index (χ1v) is 12.0. The van der Waals surface area contributed by atoms with Crippen LogP contribution in [0.2, 0.25) is 0 Å². The second kappa shape index (κ2) is 8.39. The van der Waals surface area contributed by atoms with Gasteiger partial charge in [0, 0.05) is 18.4 Å². The normalized spacial score (nSPS) is 11.6. The van der Waals surface area contributed by atoms with E-state index in [1.54, 1.807) is 0 Å². The van der Waals surface area contributed by atoms with E-state index in [2.05, 4.69) is 20.9 Å². The van der Waals surface area contributed by atoms with Crippen LogP contribution in [-0.4, -0.2) is 32.0 Å². The fourth-order valence-electron chi connectivity index (χ4n) is 4.22. The highest BCUT2D eigenvalue weighted by Gasteiger charge is 2.16. The Bertz CT molecular complexity index is 1690. The van der Waals surface area contributed by atoms with Crippen molar-refractivity contribution in [3.05, 3.63) is 66.7 Å². The summed E-state index contributed by atoms with van der Waals surface area (Å²) in [5, 5.41) is 4.57. The zero-order chi connectivity index (χ0) is 23.1. The third-order valence-corrected chi connectivity index (χ3v) is 6.67. The van der Waals surface area contributed by atoms with Gasteiger partial charge < -0.3 is 14.6 Å². The monoisotopic (exact) mass is 467 g/mol. The summed E-state index contributed by atoms with van der Waals surface area (Å²) in [6.45, 7) is 3.05. The van der Waals surface area contributed by atoms with Crippen molar-refractivity contribution in [1.29, 1.82) is 0 Å². The predicted molar refractivity (Wildman–Crippen MR) is 137 cm³/mol. The molecule has 3 heterocycles. The minimum absolute atomic E-state index is 0.0937. The van der Waals surface area contributed by atoms with E-state index in [1.165, 1.54) is 11.3 Å². The molecular weight excluding hydrogens is 446 g/mol.